The molecule has 0 radical (unpaired) electrons. The smallest absolute Gasteiger partial charge is 0.337 e. The Kier molecular flexibility index (Phi) is 3.72. The Bertz CT molecular complexity index is 336. The van der Waals surface area contributed by atoms with Gasteiger partial charge in [-0.25, -0.2) is 4.79 Å². The average molecular weight is 207 g/mol. The predicted octanol–water partition coefficient (Wildman–Crippen LogP) is 2.18. The number of rotatable bonds is 4. The third-order valence-corrected chi connectivity index (χ3v) is 2.55. The first kappa shape index (κ1) is 11.6. The number of nitrogens with zero attached hydrogens (tertiary/aromatic N) is 1. The molecule has 0 saturated carbocycles. The van der Waals surface area contributed by atoms with Gasteiger partial charge in [0.1, 0.15) is 0 Å². The molecular formula is C12H17NO2. The molecule has 1 rings (SSSR count). The molecule has 1 N–H and O–H groups in total. The van der Waals surface area contributed by atoms with Crippen molar-refractivity contribution in [2.24, 2.45) is 0 Å². The molecule has 0 spiro atoms. The Morgan fingerprint density at radius 2 is 2.13 bits per heavy atom. The van der Waals surface area contributed by atoms with Gasteiger partial charge in [-0.1, -0.05) is 12.7 Å². The van der Waals surface area contributed by atoms with Gasteiger partial charge in [0, 0.05) is 13.1 Å². The van der Waals surface area contributed by atoms with E-state index in [4.69, 9.17) is 5.11 Å². The monoisotopic (exact) mass is 207 g/mol. The van der Waals surface area contributed by atoms with Crippen molar-refractivity contribution in [3.05, 3.63) is 35.6 Å². The number of carboxylic acids is 1. The summed E-state index contributed by atoms with van der Waals surface area (Å²) >= 11 is 0. The van der Waals surface area contributed by atoms with Gasteiger partial charge in [-0.05, 0) is 31.9 Å². The number of carboxylic acid groups (broad SMARTS) is 1. The van der Waals surface area contributed by atoms with E-state index in [0.717, 1.165) is 30.8 Å². The van der Waals surface area contributed by atoms with E-state index in [1.165, 1.54) is 0 Å². The summed E-state index contributed by atoms with van der Waals surface area (Å²) in [5.74, 6) is -0.881. The van der Waals surface area contributed by atoms with E-state index < -0.39 is 5.97 Å². The zero-order valence-electron chi connectivity index (χ0n) is 9.29. The second-order valence-corrected chi connectivity index (χ2v) is 3.45. The van der Waals surface area contributed by atoms with Crippen molar-refractivity contribution in [3.8, 4) is 0 Å². The van der Waals surface area contributed by atoms with Gasteiger partial charge in [0.05, 0.1) is 11.3 Å². The molecule has 0 fully saturated rings. The van der Waals surface area contributed by atoms with Crippen molar-refractivity contribution in [1.29, 1.82) is 0 Å². The number of likely N-dealkylation sites (N-methyl/N-ethyl adjacent to an activating group) is 1. The number of carbonyl (C=O) groups is 1. The van der Waals surface area contributed by atoms with Crippen LogP contribution in [0.15, 0.2) is 35.6 Å². The molecule has 0 aromatic carbocycles. The van der Waals surface area contributed by atoms with E-state index in [9.17, 15) is 4.79 Å². The van der Waals surface area contributed by atoms with E-state index in [1.807, 2.05) is 24.8 Å². The molecule has 0 aliphatic heterocycles. The Hall–Kier alpha value is -1.51. The largest absolute Gasteiger partial charge is 0.478 e. The fourth-order valence-corrected chi connectivity index (χ4v) is 1.79. The van der Waals surface area contributed by atoms with Crippen LogP contribution >= 0.6 is 0 Å². The van der Waals surface area contributed by atoms with E-state index in [0.29, 0.717) is 5.57 Å². The standard InChI is InChI=1S/C12H17NO2/c1-4-13(5-2)11-9(3)7-6-8-10(11)12(14)15/h6,8H,3-5,7H2,1-2H3,(H,14,15). The van der Waals surface area contributed by atoms with Crippen LogP contribution in [0.25, 0.3) is 0 Å². The highest BCUT2D eigenvalue weighted by Crippen LogP contribution is 2.26. The molecule has 82 valence electrons. The lowest BCUT2D eigenvalue weighted by atomic mass is 9.98. The van der Waals surface area contributed by atoms with Gasteiger partial charge >= 0.3 is 5.97 Å². The zero-order chi connectivity index (χ0) is 11.4. The minimum atomic E-state index is -0.881. The van der Waals surface area contributed by atoms with Crippen molar-refractivity contribution >= 4 is 5.97 Å². The van der Waals surface area contributed by atoms with Gasteiger partial charge in [-0.3, -0.25) is 0 Å². The van der Waals surface area contributed by atoms with Crippen LogP contribution in [0.1, 0.15) is 20.3 Å². The summed E-state index contributed by atoms with van der Waals surface area (Å²) in [4.78, 5) is 13.1. The van der Waals surface area contributed by atoms with Crippen LogP contribution in [0.4, 0.5) is 0 Å². The van der Waals surface area contributed by atoms with Crippen LogP contribution in [-0.2, 0) is 4.79 Å². The molecule has 15 heavy (non-hydrogen) atoms. The molecule has 3 nitrogen and oxygen atoms in total. The Morgan fingerprint density at radius 3 is 2.60 bits per heavy atom. The first-order valence-electron chi connectivity index (χ1n) is 5.19. The lowest BCUT2D eigenvalue weighted by Crippen LogP contribution is -2.27. The first-order chi connectivity index (χ1) is 7.11. The van der Waals surface area contributed by atoms with E-state index in [-0.39, 0.29) is 0 Å². The van der Waals surface area contributed by atoms with E-state index in [1.54, 1.807) is 6.08 Å². The van der Waals surface area contributed by atoms with Crippen LogP contribution in [0.3, 0.4) is 0 Å². The lowest BCUT2D eigenvalue weighted by Gasteiger charge is -2.28. The molecule has 0 amide bonds. The van der Waals surface area contributed by atoms with Gasteiger partial charge in [-0.2, -0.15) is 0 Å². The van der Waals surface area contributed by atoms with Crippen LogP contribution in [0, 0.1) is 0 Å². The highest BCUT2D eigenvalue weighted by Gasteiger charge is 2.20. The minimum Gasteiger partial charge on any atom is -0.478 e. The van der Waals surface area contributed by atoms with Crippen molar-refractivity contribution in [2.45, 2.75) is 20.3 Å². The lowest BCUT2D eigenvalue weighted by molar-refractivity contribution is -0.132. The van der Waals surface area contributed by atoms with E-state index >= 15 is 0 Å². The summed E-state index contributed by atoms with van der Waals surface area (Å²) in [6.07, 6.45) is 4.26. The summed E-state index contributed by atoms with van der Waals surface area (Å²) < 4.78 is 0. The van der Waals surface area contributed by atoms with Crippen LogP contribution < -0.4 is 0 Å². The Balaban J connectivity index is 3.19. The van der Waals surface area contributed by atoms with Crippen molar-refractivity contribution in [1.82, 2.24) is 4.90 Å². The zero-order valence-corrected chi connectivity index (χ0v) is 9.29. The summed E-state index contributed by atoms with van der Waals surface area (Å²) in [5.41, 5.74) is 2.03. The number of hydrogen-bond donors (Lipinski definition) is 1. The van der Waals surface area contributed by atoms with Crippen LogP contribution in [-0.4, -0.2) is 29.1 Å². The van der Waals surface area contributed by atoms with Crippen LogP contribution in [0.2, 0.25) is 0 Å². The van der Waals surface area contributed by atoms with Crippen molar-refractivity contribution < 1.29 is 9.90 Å². The molecule has 0 saturated heterocycles. The second kappa shape index (κ2) is 4.82. The third-order valence-electron chi connectivity index (χ3n) is 2.55. The highest BCUT2D eigenvalue weighted by atomic mass is 16.4. The normalized spacial score (nSPS) is 15.7. The number of allylic oxidation sites excluding steroid dienone is 2. The minimum absolute atomic E-state index is 0.356. The quantitative estimate of drug-likeness (QED) is 0.768. The molecule has 0 aromatic heterocycles. The fraction of sp³-hybridized carbons (Fsp3) is 0.417. The molecule has 1 aliphatic rings. The third kappa shape index (κ3) is 2.29. The van der Waals surface area contributed by atoms with Crippen molar-refractivity contribution in [3.63, 3.8) is 0 Å². The topological polar surface area (TPSA) is 40.5 Å². The van der Waals surface area contributed by atoms with Gasteiger partial charge in [0.15, 0.2) is 0 Å². The summed E-state index contributed by atoms with van der Waals surface area (Å²) in [6, 6.07) is 0. The number of aliphatic carboxylic acids is 1. The number of hydrogen-bond acceptors (Lipinski definition) is 2. The summed E-state index contributed by atoms with van der Waals surface area (Å²) in [5, 5.41) is 9.09. The maximum Gasteiger partial charge on any atom is 0.337 e. The molecule has 0 bridgehead atoms. The Labute approximate surface area is 90.4 Å². The highest BCUT2D eigenvalue weighted by molar-refractivity contribution is 5.92. The Morgan fingerprint density at radius 1 is 1.53 bits per heavy atom. The molecule has 1 aliphatic carbocycles. The summed E-state index contributed by atoms with van der Waals surface area (Å²) in [6.45, 7) is 9.56. The maximum absolute atomic E-state index is 11.1. The molecule has 0 aromatic rings. The van der Waals surface area contributed by atoms with Gasteiger partial charge in [0.25, 0.3) is 0 Å². The molecule has 3 heteroatoms. The molecule has 0 atom stereocenters. The van der Waals surface area contributed by atoms with Gasteiger partial charge in [-0.15, -0.1) is 0 Å². The van der Waals surface area contributed by atoms with E-state index in [2.05, 4.69) is 6.58 Å². The fourth-order valence-electron chi connectivity index (χ4n) is 1.79. The SMILES string of the molecule is C=C1CC=CC(C(=O)O)=C1N(CC)CC. The average Bonchev–Trinajstić information content (AvgIpc) is 2.21. The van der Waals surface area contributed by atoms with Crippen LogP contribution in [0.5, 0.6) is 0 Å². The predicted molar refractivity (Wildman–Crippen MR) is 60.5 cm³/mol. The summed E-state index contributed by atoms with van der Waals surface area (Å²) in [7, 11) is 0. The maximum atomic E-state index is 11.1. The molecule has 0 unspecified atom stereocenters. The van der Waals surface area contributed by atoms with Gasteiger partial charge < -0.3 is 10.0 Å². The first-order valence-corrected chi connectivity index (χ1v) is 5.19. The van der Waals surface area contributed by atoms with Gasteiger partial charge in [0.2, 0.25) is 0 Å². The molecular weight excluding hydrogens is 190 g/mol. The second-order valence-electron chi connectivity index (χ2n) is 3.45. The molecule has 0 heterocycles. The van der Waals surface area contributed by atoms with Crippen molar-refractivity contribution in [2.75, 3.05) is 13.1 Å².